The predicted octanol–water partition coefficient (Wildman–Crippen LogP) is 5.13. The summed E-state index contributed by atoms with van der Waals surface area (Å²) in [4.78, 5) is 53.2. The van der Waals surface area contributed by atoms with Crippen LogP contribution in [-0.2, 0) is 14.3 Å². The van der Waals surface area contributed by atoms with E-state index in [9.17, 15) is 19.2 Å². The highest BCUT2D eigenvalue weighted by atomic mass is 35.5. The van der Waals surface area contributed by atoms with Crippen molar-refractivity contribution in [1.29, 1.82) is 0 Å². The number of Topliss-reactive ketones (excluding diaryl/α,β-unsaturated/α-hetero) is 1. The van der Waals surface area contributed by atoms with Crippen LogP contribution in [0.25, 0.3) is 0 Å². The average molecular weight is 490 g/mol. The van der Waals surface area contributed by atoms with Gasteiger partial charge < -0.3 is 9.64 Å². The monoisotopic (exact) mass is 489 g/mol. The number of amides is 1. The number of carbonyl (C=O) groups is 4. The fourth-order valence-corrected chi connectivity index (χ4v) is 4.29. The van der Waals surface area contributed by atoms with Crippen LogP contribution in [-0.4, -0.2) is 36.1 Å². The second kappa shape index (κ2) is 10.7. The van der Waals surface area contributed by atoms with Crippen LogP contribution in [0, 0.1) is 5.92 Å². The molecule has 35 heavy (non-hydrogen) atoms. The highest BCUT2D eigenvalue weighted by molar-refractivity contribution is 6.31. The van der Waals surface area contributed by atoms with Gasteiger partial charge in [-0.2, -0.15) is 0 Å². The molecule has 0 aliphatic carbocycles. The minimum Gasteiger partial charge on any atom is -0.454 e. The Kier molecular flexibility index (Phi) is 7.42. The number of ketones is 2. The zero-order valence-electron chi connectivity index (χ0n) is 19.1. The summed E-state index contributed by atoms with van der Waals surface area (Å²) >= 11 is 6.16. The summed E-state index contributed by atoms with van der Waals surface area (Å²) in [7, 11) is 0. The van der Waals surface area contributed by atoms with Gasteiger partial charge in [0.15, 0.2) is 11.9 Å². The van der Waals surface area contributed by atoms with Crippen molar-refractivity contribution in [2.24, 2.45) is 5.92 Å². The lowest BCUT2D eigenvalue weighted by atomic mass is 10.0. The molecule has 3 aromatic carbocycles. The topological polar surface area (TPSA) is 80.8 Å². The van der Waals surface area contributed by atoms with Crippen LogP contribution < -0.4 is 4.90 Å². The minimum atomic E-state index is -0.931. The Labute approximate surface area is 208 Å². The van der Waals surface area contributed by atoms with Crippen LogP contribution in [0.3, 0.4) is 0 Å². The minimum absolute atomic E-state index is 0.0460. The van der Waals surface area contributed by atoms with E-state index in [1.54, 1.807) is 73.7 Å². The molecule has 1 amide bonds. The molecule has 1 heterocycles. The van der Waals surface area contributed by atoms with Crippen molar-refractivity contribution in [3.05, 3.63) is 101 Å². The standard InChI is InChI=1S/C28H24ClNO5/c1-2-24(27(33)19-11-7-4-8-12-19)35-28(34)20-15-25(31)30(17-20)23-14-13-21(29)16-22(23)26(32)18-9-5-3-6-10-18/h3-14,16,20,24H,2,15,17H2,1H3/t20-,24-/m1/s1. The molecule has 1 aliphatic heterocycles. The molecule has 3 aromatic rings. The highest BCUT2D eigenvalue weighted by Crippen LogP contribution is 2.32. The zero-order valence-corrected chi connectivity index (χ0v) is 19.9. The first-order valence-corrected chi connectivity index (χ1v) is 11.8. The number of carbonyl (C=O) groups excluding carboxylic acids is 4. The summed E-state index contributed by atoms with van der Waals surface area (Å²) in [6.45, 7) is 1.81. The van der Waals surface area contributed by atoms with Gasteiger partial charge in [-0.15, -0.1) is 0 Å². The molecule has 1 saturated heterocycles. The Balaban J connectivity index is 1.53. The van der Waals surface area contributed by atoms with E-state index in [4.69, 9.17) is 16.3 Å². The lowest BCUT2D eigenvalue weighted by molar-refractivity contribution is -0.151. The van der Waals surface area contributed by atoms with Crippen LogP contribution in [0.2, 0.25) is 5.02 Å². The number of hydrogen-bond donors (Lipinski definition) is 0. The third kappa shape index (κ3) is 5.33. The van der Waals surface area contributed by atoms with E-state index >= 15 is 0 Å². The molecule has 4 rings (SSSR count). The van der Waals surface area contributed by atoms with Gasteiger partial charge in [-0.1, -0.05) is 79.2 Å². The summed E-state index contributed by atoms with van der Waals surface area (Å²) in [5.41, 5.74) is 1.58. The first-order valence-electron chi connectivity index (χ1n) is 11.4. The van der Waals surface area contributed by atoms with Crippen molar-refractivity contribution in [2.75, 3.05) is 11.4 Å². The normalized spacial score (nSPS) is 16.1. The van der Waals surface area contributed by atoms with Gasteiger partial charge in [0.2, 0.25) is 11.7 Å². The molecule has 0 aromatic heterocycles. The van der Waals surface area contributed by atoms with E-state index in [2.05, 4.69) is 0 Å². The van der Waals surface area contributed by atoms with Gasteiger partial charge in [0.05, 0.1) is 11.6 Å². The molecule has 0 bridgehead atoms. The van der Waals surface area contributed by atoms with Crippen molar-refractivity contribution in [2.45, 2.75) is 25.9 Å². The molecule has 2 atom stereocenters. The maximum Gasteiger partial charge on any atom is 0.312 e. The van der Waals surface area contributed by atoms with Crippen molar-refractivity contribution >= 4 is 40.7 Å². The first kappa shape index (κ1) is 24.4. The highest BCUT2D eigenvalue weighted by Gasteiger charge is 2.39. The number of ether oxygens (including phenoxy) is 1. The molecule has 7 heteroatoms. The molecular weight excluding hydrogens is 466 g/mol. The molecule has 0 spiro atoms. The molecule has 6 nitrogen and oxygen atoms in total. The summed E-state index contributed by atoms with van der Waals surface area (Å²) in [6.07, 6.45) is -0.688. The summed E-state index contributed by atoms with van der Waals surface area (Å²) < 4.78 is 5.54. The number of esters is 1. The molecular formula is C28H24ClNO5. The largest absolute Gasteiger partial charge is 0.454 e. The zero-order chi connectivity index (χ0) is 24.9. The third-order valence-electron chi connectivity index (χ3n) is 5.97. The Morgan fingerprint density at radius 3 is 2.23 bits per heavy atom. The Morgan fingerprint density at radius 1 is 0.971 bits per heavy atom. The van der Waals surface area contributed by atoms with Crippen LogP contribution in [0.4, 0.5) is 5.69 Å². The fourth-order valence-electron chi connectivity index (χ4n) is 4.12. The lowest BCUT2D eigenvalue weighted by Gasteiger charge is -2.21. The van der Waals surface area contributed by atoms with Crippen LogP contribution >= 0.6 is 11.6 Å². The maximum absolute atomic E-state index is 13.2. The number of halogens is 1. The summed E-state index contributed by atoms with van der Waals surface area (Å²) in [5, 5.41) is 0.362. The smallest absolute Gasteiger partial charge is 0.312 e. The second-order valence-corrected chi connectivity index (χ2v) is 8.76. The number of benzene rings is 3. The van der Waals surface area contributed by atoms with Crippen molar-refractivity contribution in [3.8, 4) is 0 Å². The molecule has 1 fully saturated rings. The van der Waals surface area contributed by atoms with E-state index in [-0.39, 0.29) is 36.0 Å². The van der Waals surface area contributed by atoms with Gasteiger partial charge in [0, 0.05) is 34.7 Å². The van der Waals surface area contributed by atoms with E-state index in [1.807, 2.05) is 6.07 Å². The van der Waals surface area contributed by atoms with Crippen LogP contribution in [0.1, 0.15) is 46.0 Å². The number of hydrogen-bond acceptors (Lipinski definition) is 5. The molecule has 0 unspecified atom stereocenters. The molecule has 1 aliphatic rings. The van der Waals surface area contributed by atoms with E-state index in [1.165, 1.54) is 11.0 Å². The van der Waals surface area contributed by atoms with E-state index in [0.29, 0.717) is 28.3 Å². The number of nitrogens with zero attached hydrogens (tertiary/aromatic N) is 1. The Hall–Kier alpha value is -3.77. The SMILES string of the molecule is CC[C@@H](OC(=O)[C@@H]1CC(=O)N(c2ccc(Cl)cc2C(=O)c2ccccc2)C1)C(=O)c1ccccc1. The quantitative estimate of drug-likeness (QED) is 0.324. The summed E-state index contributed by atoms with van der Waals surface area (Å²) in [5.74, 6) is -2.23. The van der Waals surface area contributed by atoms with Gasteiger partial charge in [-0.25, -0.2) is 0 Å². The van der Waals surface area contributed by atoms with Gasteiger partial charge in [0.25, 0.3) is 0 Å². The number of anilines is 1. The van der Waals surface area contributed by atoms with Crippen molar-refractivity contribution in [3.63, 3.8) is 0 Å². The molecule has 0 radical (unpaired) electrons. The third-order valence-corrected chi connectivity index (χ3v) is 6.20. The molecule has 178 valence electrons. The van der Waals surface area contributed by atoms with Crippen molar-refractivity contribution < 1.29 is 23.9 Å². The summed E-state index contributed by atoms with van der Waals surface area (Å²) in [6, 6.07) is 22.1. The first-order chi connectivity index (χ1) is 16.9. The second-order valence-electron chi connectivity index (χ2n) is 8.33. The van der Waals surface area contributed by atoms with E-state index < -0.39 is 18.0 Å². The van der Waals surface area contributed by atoms with Gasteiger partial charge >= 0.3 is 5.97 Å². The average Bonchev–Trinajstić information content (AvgIpc) is 3.28. The molecule has 0 N–H and O–H groups in total. The van der Waals surface area contributed by atoms with Crippen LogP contribution in [0.5, 0.6) is 0 Å². The Bertz CT molecular complexity index is 1260. The number of rotatable bonds is 8. The fraction of sp³-hybridized carbons (Fsp3) is 0.214. The molecule has 0 saturated carbocycles. The maximum atomic E-state index is 13.2. The van der Waals surface area contributed by atoms with Gasteiger partial charge in [-0.3, -0.25) is 19.2 Å². The van der Waals surface area contributed by atoms with Gasteiger partial charge in [-0.05, 0) is 24.6 Å². The van der Waals surface area contributed by atoms with Crippen molar-refractivity contribution in [1.82, 2.24) is 0 Å². The Morgan fingerprint density at radius 2 is 1.60 bits per heavy atom. The van der Waals surface area contributed by atoms with E-state index in [0.717, 1.165) is 0 Å². The van der Waals surface area contributed by atoms with Gasteiger partial charge in [0.1, 0.15) is 0 Å². The van der Waals surface area contributed by atoms with Crippen LogP contribution in [0.15, 0.2) is 78.9 Å². The predicted molar refractivity (Wildman–Crippen MR) is 133 cm³/mol. The lowest BCUT2D eigenvalue weighted by Crippen LogP contribution is -2.32.